The zero-order valence-corrected chi connectivity index (χ0v) is 15.6. The fraction of sp³-hybridized carbons (Fsp3) is 0.133. The summed E-state index contributed by atoms with van der Waals surface area (Å²) in [4.78, 5) is 12.0. The predicted octanol–water partition coefficient (Wildman–Crippen LogP) is 2.55. The Bertz CT molecular complexity index is 967. The van der Waals surface area contributed by atoms with Crippen LogP contribution in [0.15, 0.2) is 52.3 Å². The molecule has 3 aromatic rings. The van der Waals surface area contributed by atoms with E-state index in [0.717, 1.165) is 22.0 Å². The van der Waals surface area contributed by atoms with E-state index in [1.165, 1.54) is 11.3 Å². The van der Waals surface area contributed by atoms with Crippen molar-refractivity contribution in [2.75, 3.05) is 17.3 Å². The molecule has 7 nitrogen and oxygen atoms in total. The van der Waals surface area contributed by atoms with Gasteiger partial charge in [0, 0.05) is 16.6 Å². The molecule has 0 saturated heterocycles. The highest BCUT2D eigenvalue weighted by Crippen LogP contribution is 2.27. The summed E-state index contributed by atoms with van der Waals surface area (Å²) in [5.74, 6) is 0.0117. The average molecular weight is 395 g/mol. The fourth-order valence-electron chi connectivity index (χ4n) is 2.06. The monoisotopic (exact) mass is 394 g/mol. The van der Waals surface area contributed by atoms with Gasteiger partial charge in [-0.1, -0.05) is 30.0 Å². The minimum absolute atomic E-state index is 0.0200. The molecule has 0 saturated carbocycles. The number of amides is 1. The number of nitrogens with zero attached hydrogens (tertiary/aromatic N) is 3. The van der Waals surface area contributed by atoms with E-state index in [0.29, 0.717) is 11.3 Å². The number of carbonyl (C=O) groups is 1. The molecule has 0 aliphatic carbocycles. The molecule has 0 unspecified atom stereocenters. The highest BCUT2D eigenvalue weighted by atomic mass is 32.2. The second-order valence-electron chi connectivity index (χ2n) is 5.05. The van der Waals surface area contributed by atoms with Crippen molar-refractivity contribution in [1.29, 1.82) is 0 Å². The summed E-state index contributed by atoms with van der Waals surface area (Å²) in [6.07, 6.45) is 1.08. The SMILES string of the molecule is CS(=O)(=O)n1c(SCC(=O)Nc2ccccc2)nnc1-c1ccsc1. The first-order valence-electron chi connectivity index (χ1n) is 7.11. The van der Waals surface area contributed by atoms with Gasteiger partial charge in [0.2, 0.25) is 21.1 Å². The van der Waals surface area contributed by atoms with Crippen molar-refractivity contribution in [2.24, 2.45) is 0 Å². The zero-order valence-electron chi connectivity index (χ0n) is 13.1. The molecule has 2 aromatic heterocycles. The molecule has 0 spiro atoms. The summed E-state index contributed by atoms with van der Waals surface area (Å²) in [7, 11) is -3.61. The van der Waals surface area contributed by atoms with Crippen LogP contribution in [0.4, 0.5) is 5.69 Å². The Balaban J connectivity index is 1.78. The minimum atomic E-state index is -3.61. The topological polar surface area (TPSA) is 94.0 Å². The average Bonchev–Trinajstić information content (AvgIpc) is 3.22. The minimum Gasteiger partial charge on any atom is -0.325 e. The number of thiophene rings is 1. The lowest BCUT2D eigenvalue weighted by molar-refractivity contribution is -0.113. The molecule has 0 aliphatic rings. The van der Waals surface area contributed by atoms with Gasteiger partial charge in [-0.05, 0) is 23.6 Å². The lowest BCUT2D eigenvalue weighted by Crippen LogP contribution is -2.16. The third-order valence-corrected chi connectivity index (χ3v) is 5.83. The first-order chi connectivity index (χ1) is 11.9. The van der Waals surface area contributed by atoms with Crippen LogP contribution in [0, 0.1) is 0 Å². The molecular formula is C15H14N4O3S3. The smallest absolute Gasteiger partial charge is 0.239 e. The van der Waals surface area contributed by atoms with Crippen LogP contribution in [-0.4, -0.2) is 40.5 Å². The highest BCUT2D eigenvalue weighted by Gasteiger charge is 2.22. The quantitative estimate of drug-likeness (QED) is 0.646. The van der Waals surface area contributed by atoms with E-state index in [9.17, 15) is 13.2 Å². The lowest BCUT2D eigenvalue weighted by Gasteiger charge is -2.07. The highest BCUT2D eigenvalue weighted by molar-refractivity contribution is 8.00. The Labute approximate surface area is 153 Å². The Morgan fingerprint density at radius 2 is 2.00 bits per heavy atom. The molecule has 1 aromatic carbocycles. The van der Waals surface area contributed by atoms with E-state index in [1.54, 1.807) is 23.6 Å². The molecular weight excluding hydrogens is 380 g/mol. The normalized spacial score (nSPS) is 11.4. The maximum atomic E-state index is 12.1. The number of rotatable bonds is 6. The van der Waals surface area contributed by atoms with Crippen molar-refractivity contribution >= 4 is 44.7 Å². The molecule has 0 fully saturated rings. The number of benzene rings is 1. The molecule has 0 aliphatic heterocycles. The molecule has 1 N–H and O–H groups in total. The van der Waals surface area contributed by atoms with Gasteiger partial charge in [-0.25, -0.2) is 8.42 Å². The van der Waals surface area contributed by atoms with Gasteiger partial charge in [-0.3, -0.25) is 4.79 Å². The van der Waals surface area contributed by atoms with Gasteiger partial charge >= 0.3 is 0 Å². The summed E-state index contributed by atoms with van der Waals surface area (Å²) in [6, 6.07) is 10.8. The Morgan fingerprint density at radius 3 is 2.64 bits per heavy atom. The van der Waals surface area contributed by atoms with E-state index in [4.69, 9.17) is 0 Å². The summed E-state index contributed by atoms with van der Waals surface area (Å²) in [5.41, 5.74) is 1.35. The second-order valence-corrected chi connectivity index (χ2v) is 8.60. The van der Waals surface area contributed by atoms with Crippen LogP contribution in [0.25, 0.3) is 11.4 Å². The van der Waals surface area contributed by atoms with Crippen LogP contribution in [0.3, 0.4) is 0 Å². The van der Waals surface area contributed by atoms with E-state index < -0.39 is 10.0 Å². The lowest BCUT2D eigenvalue weighted by atomic mass is 10.3. The number of nitrogens with one attached hydrogen (secondary N) is 1. The maximum Gasteiger partial charge on any atom is 0.239 e. The van der Waals surface area contributed by atoms with E-state index >= 15 is 0 Å². The summed E-state index contributed by atoms with van der Waals surface area (Å²) < 4.78 is 25.3. The first-order valence-corrected chi connectivity index (χ1v) is 10.9. The van der Waals surface area contributed by atoms with Crippen molar-refractivity contribution in [2.45, 2.75) is 5.16 Å². The van der Waals surface area contributed by atoms with Gasteiger partial charge in [0.1, 0.15) is 0 Å². The van der Waals surface area contributed by atoms with E-state index in [1.807, 2.05) is 23.6 Å². The van der Waals surface area contributed by atoms with Crippen LogP contribution in [-0.2, 0) is 14.8 Å². The van der Waals surface area contributed by atoms with Gasteiger partial charge in [-0.15, -0.1) is 10.2 Å². The molecule has 1 amide bonds. The van der Waals surface area contributed by atoms with Crippen LogP contribution in [0.1, 0.15) is 0 Å². The standard InChI is InChI=1S/C15H14N4O3S3/c1-25(21,22)19-14(11-7-8-23-9-11)17-18-15(19)24-10-13(20)16-12-5-3-2-4-6-12/h2-9H,10H2,1H3,(H,16,20). The molecule has 3 rings (SSSR count). The van der Waals surface area contributed by atoms with Gasteiger partial charge in [0.15, 0.2) is 5.82 Å². The van der Waals surface area contributed by atoms with Crippen molar-refractivity contribution in [3.8, 4) is 11.4 Å². The van der Waals surface area contributed by atoms with Crippen LogP contribution in [0.2, 0.25) is 0 Å². The third-order valence-electron chi connectivity index (χ3n) is 3.10. The predicted molar refractivity (Wildman–Crippen MR) is 99.4 cm³/mol. The van der Waals surface area contributed by atoms with Gasteiger partial charge in [0.25, 0.3) is 0 Å². The number of anilines is 1. The summed E-state index contributed by atoms with van der Waals surface area (Å²) >= 11 is 2.46. The number of para-hydroxylation sites is 1. The van der Waals surface area contributed by atoms with Crippen molar-refractivity contribution in [3.05, 3.63) is 47.2 Å². The molecule has 0 radical (unpaired) electrons. The van der Waals surface area contributed by atoms with E-state index in [-0.39, 0.29) is 22.6 Å². The third kappa shape index (κ3) is 4.27. The molecule has 2 heterocycles. The molecule has 130 valence electrons. The second kappa shape index (κ2) is 7.38. The van der Waals surface area contributed by atoms with Gasteiger partial charge in [0.05, 0.1) is 12.0 Å². The van der Waals surface area contributed by atoms with E-state index in [2.05, 4.69) is 15.5 Å². The number of thioether (sulfide) groups is 1. The maximum absolute atomic E-state index is 12.1. The Morgan fingerprint density at radius 1 is 1.24 bits per heavy atom. The fourth-order valence-corrected chi connectivity index (χ4v) is 4.67. The zero-order chi connectivity index (χ0) is 17.9. The van der Waals surface area contributed by atoms with Crippen LogP contribution in [0.5, 0.6) is 0 Å². The summed E-state index contributed by atoms with van der Waals surface area (Å²) in [5, 5.41) is 14.4. The van der Waals surface area contributed by atoms with Gasteiger partial charge < -0.3 is 5.32 Å². The van der Waals surface area contributed by atoms with Crippen LogP contribution < -0.4 is 5.32 Å². The largest absolute Gasteiger partial charge is 0.325 e. The van der Waals surface area contributed by atoms with Crippen molar-refractivity contribution < 1.29 is 13.2 Å². The Kier molecular flexibility index (Phi) is 5.21. The number of hydrogen-bond acceptors (Lipinski definition) is 7. The molecule has 0 atom stereocenters. The number of carbonyl (C=O) groups excluding carboxylic acids is 1. The molecule has 25 heavy (non-hydrogen) atoms. The number of hydrogen-bond donors (Lipinski definition) is 1. The molecule has 0 bridgehead atoms. The number of aromatic nitrogens is 3. The Hall–Kier alpha value is -2.17. The van der Waals surface area contributed by atoms with Crippen LogP contribution >= 0.6 is 23.1 Å². The van der Waals surface area contributed by atoms with Crippen molar-refractivity contribution in [3.63, 3.8) is 0 Å². The first kappa shape index (κ1) is 17.6. The molecule has 10 heteroatoms. The van der Waals surface area contributed by atoms with Crippen molar-refractivity contribution in [1.82, 2.24) is 14.2 Å². The summed E-state index contributed by atoms with van der Waals surface area (Å²) in [6.45, 7) is 0. The van der Waals surface area contributed by atoms with Gasteiger partial charge in [-0.2, -0.15) is 15.3 Å².